The van der Waals surface area contributed by atoms with Crippen LogP contribution in [-0.2, 0) is 20.9 Å². The van der Waals surface area contributed by atoms with Crippen molar-refractivity contribution in [3.8, 4) is 11.4 Å². The van der Waals surface area contributed by atoms with E-state index in [0.717, 1.165) is 5.56 Å². The predicted molar refractivity (Wildman–Crippen MR) is 83.8 cm³/mol. The van der Waals surface area contributed by atoms with Crippen LogP contribution < -0.4 is 0 Å². The quantitative estimate of drug-likeness (QED) is 0.814. The number of rotatable bonds is 5. The van der Waals surface area contributed by atoms with Gasteiger partial charge in [0.1, 0.15) is 13.2 Å². The van der Waals surface area contributed by atoms with Crippen LogP contribution in [0.3, 0.4) is 0 Å². The molecule has 0 aromatic carbocycles. The molecule has 1 aliphatic rings. The molecule has 0 unspecified atom stereocenters. The summed E-state index contributed by atoms with van der Waals surface area (Å²) in [5.74, 6) is 0.738. The summed E-state index contributed by atoms with van der Waals surface area (Å²) in [5.41, 5.74) is 0.812. The van der Waals surface area contributed by atoms with Crippen molar-refractivity contribution >= 4 is 5.91 Å². The Bertz CT molecular complexity index is 666. The van der Waals surface area contributed by atoms with Gasteiger partial charge in [0.05, 0.1) is 12.2 Å². The number of carbonyl (C=O) groups is 1. The first-order chi connectivity index (χ1) is 11.6. The molecule has 0 bridgehead atoms. The third-order valence-corrected chi connectivity index (χ3v) is 3.63. The fraction of sp³-hybridized carbons (Fsp3) is 0.500. The van der Waals surface area contributed by atoms with Gasteiger partial charge in [-0.25, -0.2) is 0 Å². The maximum Gasteiger partial charge on any atom is 0.252 e. The van der Waals surface area contributed by atoms with Crippen molar-refractivity contribution in [3.63, 3.8) is 0 Å². The summed E-state index contributed by atoms with van der Waals surface area (Å²) in [6.07, 6.45) is 3.39. The summed E-state index contributed by atoms with van der Waals surface area (Å²) in [5, 5.41) is 3.89. The molecule has 0 aliphatic carbocycles. The molecule has 2 aromatic heterocycles. The van der Waals surface area contributed by atoms with Crippen LogP contribution in [0.15, 0.2) is 29.0 Å². The average molecular weight is 332 g/mol. The first-order valence-corrected chi connectivity index (χ1v) is 7.86. The number of nitrogens with zero attached hydrogens (tertiary/aromatic N) is 4. The largest absolute Gasteiger partial charge is 0.372 e. The molecule has 8 nitrogen and oxygen atoms in total. The Hall–Kier alpha value is -2.32. The zero-order valence-electron chi connectivity index (χ0n) is 13.7. The second-order valence-electron chi connectivity index (χ2n) is 5.80. The Morgan fingerprint density at radius 1 is 1.29 bits per heavy atom. The molecule has 2 atom stereocenters. The molecule has 0 N–H and O–H groups in total. The Balaban J connectivity index is 1.48. The van der Waals surface area contributed by atoms with E-state index in [4.69, 9.17) is 14.0 Å². The first-order valence-electron chi connectivity index (χ1n) is 7.86. The number of morpholine rings is 1. The molecule has 24 heavy (non-hydrogen) atoms. The number of hydrogen-bond donors (Lipinski definition) is 0. The highest BCUT2D eigenvalue weighted by atomic mass is 16.5. The van der Waals surface area contributed by atoms with Crippen LogP contribution in [0.5, 0.6) is 0 Å². The number of carbonyl (C=O) groups excluding carboxylic acids is 1. The Labute approximate surface area is 139 Å². The van der Waals surface area contributed by atoms with Gasteiger partial charge >= 0.3 is 0 Å². The highest BCUT2D eigenvalue weighted by Gasteiger charge is 2.25. The molecule has 3 heterocycles. The topological polar surface area (TPSA) is 90.6 Å². The highest BCUT2D eigenvalue weighted by Crippen LogP contribution is 2.14. The molecule has 0 saturated carbocycles. The third-order valence-electron chi connectivity index (χ3n) is 3.63. The molecule has 3 rings (SSSR count). The van der Waals surface area contributed by atoms with E-state index in [0.29, 0.717) is 24.8 Å². The molecule has 1 aliphatic heterocycles. The number of amides is 1. The molecule has 1 saturated heterocycles. The summed E-state index contributed by atoms with van der Waals surface area (Å²) in [6.45, 7) is 5.15. The van der Waals surface area contributed by atoms with E-state index in [1.165, 1.54) is 0 Å². The lowest BCUT2D eigenvalue weighted by Crippen LogP contribution is -2.49. The van der Waals surface area contributed by atoms with Gasteiger partial charge < -0.3 is 18.9 Å². The van der Waals surface area contributed by atoms with Crippen LogP contribution in [0.2, 0.25) is 0 Å². The van der Waals surface area contributed by atoms with Crippen LogP contribution in [0.25, 0.3) is 11.4 Å². The fourth-order valence-corrected chi connectivity index (χ4v) is 2.63. The number of ether oxygens (including phenoxy) is 2. The van der Waals surface area contributed by atoms with Gasteiger partial charge in [0.2, 0.25) is 11.7 Å². The number of aromatic nitrogens is 3. The van der Waals surface area contributed by atoms with Crippen molar-refractivity contribution in [1.82, 2.24) is 20.0 Å². The molecule has 8 heteroatoms. The molecular formula is C16H20N4O4. The van der Waals surface area contributed by atoms with Gasteiger partial charge in [-0.05, 0) is 26.0 Å². The average Bonchev–Trinajstić information content (AvgIpc) is 3.03. The first kappa shape index (κ1) is 16.5. The second kappa shape index (κ2) is 7.50. The van der Waals surface area contributed by atoms with E-state index >= 15 is 0 Å². The monoisotopic (exact) mass is 332 g/mol. The Kier molecular flexibility index (Phi) is 5.17. The number of pyridine rings is 1. The van der Waals surface area contributed by atoms with Gasteiger partial charge in [0, 0.05) is 31.0 Å². The van der Waals surface area contributed by atoms with Crippen molar-refractivity contribution in [1.29, 1.82) is 0 Å². The normalized spacial score (nSPS) is 21.0. The zero-order valence-corrected chi connectivity index (χ0v) is 13.7. The van der Waals surface area contributed by atoms with Crippen LogP contribution in [0.1, 0.15) is 19.7 Å². The zero-order chi connectivity index (χ0) is 16.9. The molecule has 0 spiro atoms. The predicted octanol–water partition coefficient (Wildman–Crippen LogP) is 1.28. The Morgan fingerprint density at radius 3 is 2.71 bits per heavy atom. The number of hydrogen-bond acceptors (Lipinski definition) is 7. The van der Waals surface area contributed by atoms with Crippen LogP contribution >= 0.6 is 0 Å². The molecule has 128 valence electrons. The Morgan fingerprint density at radius 2 is 2.00 bits per heavy atom. The van der Waals surface area contributed by atoms with Gasteiger partial charge in [0.25, 0.3) is 5.89 Å². The summed E-state index contributed by atoms with van der Waals surface area (Å²) in [7, 11) is 0. The van der Waals surface area contributed by atoms with E-state index in [9.17, 15) is 4.79 Å². The second-order valence-corrected chi connectivity index (χ2v) is 5.80. The highest BCUT2D eigenvalue weighted by molar-refractivity contribution is 5.77. The third kappa shape index (κ3) is 4.15. The standard InChI is InChI=1S/C16H20N4O4/c1-11-7-20(8-12(2)23-11)15(21)10-22-9-14-18-16(19-24-14)13-3-5-17-6-4-13/h3-6,11-12H,7-10H2,1-2H3/t11-,12-/m0/s1. The lowest BCUT2D eigenvalue weighted by molar-refractivity contribution is -0.148. The summed E-state index contributed by atoms with van der Waals surface area (Å²) in [6, 6.07) is 3.58. The molecule has 0 radical (unpaired) electrons. The summed E-state index contributed by atoms with van der Waals surface area (Å²) < 4.78 is 16.2. The van der Waals surface area contributed by atoms with Crippen LogP contribution in [-0.4, -0.2) is 57.8 Å². The molecule has 1 fully saturated rings. The maximum atomic E-state index is 12.2. The van der Waals surface area contributed by atoms with E-state index in [1.54, 1.807) is 29.4 Å². The van der Waals surface area contributed by atoms with E-state index in [-0.39, 0.29) is 31.3 Å². The van der Waals surface area contributed by atoms with Gasteiger partial charge in [0.15, 0.2) is 0 Å². The van der Waals surface area contributed by atoms with Crippen molar-refractivity contribution in [3.05, 3.63) is 30.4 Å². The van der Waals surface area contributed by atoms with E-state index in [1.807, 2.05) is 13.8 Å². The van der Waals surface area contributed by atoms with Gasteiger partial charge in [-0.15, -0.1) is 0 Å². The summed E-state index contributed by atoms with van der Waals surface area (Å²) in [4.78, 5) is 22.1. The van der Waals surface area contributed by atoms with Crippen molar-refractivity contribution in [2.75, 3.05) is 19.7 Å². The molecule has 2 aromatic rings. The fourth-order valence-electron chi connectivity index (χ4n) is 2.63. The maximum absolute atomic E-state index is 12.2. The summed E-state index contributed by atoms with van der Waals surface area (Å²) >= 11 is 0. The smallest absolute Gasteiger partial charge is 0.252 e. The van der Waals surface area contributed by atoms with Gasteiger partial charge in [-0.3, -0.25) is 9.78 Å². The van der Waals surface area contributed by atoms with E-state index < -0.39 is 0 Å². The van der Waals surface area contributed by atoms with Crippen molar-refractivity contribution < 1.29 is 18.8 Å². The SMILES string of the molecule is C[C@H]1CN(C(=O)COCc2nc(-c3ccncc3)no2)C[C@H](C)O1. The minimum atomic E-state index is -0.0640. The van der Waals surface area contributed by atoms with Crippen LogP contribution in [0, 0.1) is 0 Å². The van der Waals surface area contributed by atoms with Crippen LogP contribution in [0.4, 0.5) is 0 Å². The van der Waals surface area contributed by atoms with Gasteiger partial charge in [-0.1, -0.05) is 5.16 Å². The van der Waals surface area contributed by atoms with E-state index in [2.05, 4.69) is 15.1 Å². The lowest BCUT2D eigenvalue weighted by atomic mass is 10.2. The van der Waals surface area contributed by atoms with Crippen molar-refractivity contribution in [2.45, 2.75) is 32.7 Å². The minimum absolute atomic E-state index is 0.0214. The minimum Gasteiger partial charge on any atom is -0.372 e. The lowest BCUT2D eigenvalue weighted by Gasteiger charge is -2.35. The van der Waals surface area contributed by atoms with Crippen molar-refractivity contribution in [2.24, 2.45) is 0 Å². The molecule has 1 amide bonds. The molecular weight excluding hydrogens is 312 g/mol. The van der Waals surface area contributed by atoms with Gasteiger partial charge in [-0.2, -0.15) is 4.98 Å².